The third-order valence-electron chi connectivity index (χ3n) is 3.64. The normalized spacial score (nSPS) is 10.9. The van der Waals surface area contributed by atoms with Gasteiger partial charge in [0.1, 0.15) is 11.8 Å². The summed E-state index contributed by atoms with van der Waals surface area (Å²) in [7, 11) is 3.89. The molecule has 2 N–H and O–H groups in total. The van der Waals surface area contributed by atoms with Crippen molar-refractivity contribution >= 4 is 28.4 Å². The minimum absolute atomic E-state index is 0.248. The van der Waals surface area contributed by atoms with Crippen molar-refractivity contribution in [3.05, 3.63) is 47.7 Å². The Hall–Kier alpha value is -3.09. The van der Waals surface area contributed by atoms with Gasteiger partial charge in [-0.05, 0) is 25.1 Å². The molecule has 7 nitrogen and oxygen atoms in total. The number of allylic oxidation sites excluding steroid dienone is 1. The van der Waals surface area contributed by atoms with Gasteiger partial charge in [0.2, 0.25) is 0 Å². The first-order chi connectivity index (χ1) is 10.9. The Morgan fingerprint density at radius 1 is 1.30 bits per heavy atom. The van der Waals surface area contributed by atoms with Crippen LogP contribution in [0, 0.1) is 0 Å². The Kier molecular flexibility index (Phi) is 3.40. The highest BCUT2D eigenvalue weighted by molar-refractivity contribution is 5.86. The molecule has 23 heavy (non-hydrogen) atoms. The maximum atomic E-state index is 12.9. The van der Waals surface area contributed by atoms with Crippen LogP contribution >= 0.6 is 0 Å². The average Bonchev–Trinajstić information content (AvgIpc) is 2.81. The van der Waals surface area contributed by atoms with E-state index < -0.39 is 0 Å². The molecule has 3 aromatic rings. The quantitative estimate of drug-likeness (QED) is 0.796. The monoisotopic (exact) mass is 310 g/mol. The van der Waals surface area contributed by atoms with Crippen LogP contribution in [0.4, 0.5) is 11.5 Å². The molecule has 0 saturated heterocycles. The van der Waals surface area contributed by atoms with Gasteiger partial charge in [0, 0.05) is 25.5 Å². The summed E-state index contributed by atoms with van der Waals surface area (Å²) >= 11 is 0. The minimum atomic E-state index is -0.268. The fourth-order valence-corrected chi connectivity index (χ4v) is 2.54. The summed E-state index contributed by atoms with van der Waals surface area (Å²) in [6.07, 6.45) is 1.35. The minimum Gasteiger partial charge on any atom is -0.382 e. The van der Waals surface area contributed by atoms with Crippen molar-refractivity contribution in [3.63, 3.8) is 0 Å². The van der Waals surface area contributed by atoms with Gasteiger partial charge in [0.25, 0.3) is 0 Å². The molecule has 0 bridgehead atoms. The predicted octanol–water partition coefficient (Wildman–Crippen LogP) is 1.72. The summed E-state index contributed by atoms with van der Waals surface area (Å²) < 4.78 is 2.96. The topological polar surface area (TPSA) is 82.0 Å². The maximum absolute atomic E-state index is 12.9. The second-order valence-electron chi connectivity index (χ2n) is 5.53. The number of nitrogens with zero attached hydrogens (tertiary/aromatic N) is 5. The van der Waals surface area contributed by atoms with Gasteiger partial charge < -0.3 is 10.6 Å². The molecule has 0 amide bonds. The Morgan fingerprint density at radius 3 is 2.70 bits per heavy atom. The Labute approximate surface area is 133 Å². The van der Waals surface area contributed by atoms with Crippen molar-refractivity contribution in [1.82, 2.24) is 19.1 Å². The molecule has 2 heterocycles. The number of hydrogen-bond acceptors (Lipinski definition) is 5. The number of nitrogens with two attached hydrogens (primary N) is 1. The highest BCUT2D eigenvalue weighted by Gasteiger charge is 2.19. The smallest absolute Gasteiger partial charge is 0.339 e. The second-order valence-corrected chi connectivity index (χ2v) is 5.53. The van der Waals surface area contributed by atoms with E-state index in [-0.39, 0.29) is 11.5 Å². The Morgan fingerprint density at radius 2 is 2.04 bits per heavy atom. The fraction of sp³-hybridized carbons (Fsp3) is 0.188. The number of benzene rings is 1. The molecule has 0 aliphatic rings. The van der Waals surface area contributed by atoms with E-state index in [1.54, 1.807) is 6.92 Å². The molecule has 7 heteroatoms. The molecule has 1 aromatic carbocycles. The van der Waals surface area contributed by atoms with E-state index >= 15 is 0 Å². The summed E-state index contributed by atoms with van der Waals surface area (Å²) in [5.41, 5.74) is 8.87. The fourth-order valence-electron chi connectivity index (χ4n) is 2.54. The number of nitrogen functional groups attached to an aromatic ring is 1. The number of aromatic nitrogens is 4. The number of fused-ring (bicyclic) bond motifs is 1. The van der Waals surface area contributed by atoms with Crippen LogP contribution in [0.2, 0.25) is 0 Å². The van der Waals surface area contributed by atoms with Crippen LogP contribution < -0.4 is 16.3 Å². The first kappa shape index (κ1) is 14.8. The van der Waals surface area contributed by atoms with Crippen molar-refractivity contribution in [2.24, 2.45) is 0 Å². The van der Waals surface area contributed by atoms with Gasteiger partial charge in [-0.15, -0.1) is 0 Å². The summed E-state index contributed by atoms with van der Waals surface area (Å²) in [5.74, 6) is 0.248. The highest BCUT2D eigenvalue weighted by atomic mass is 16.1. The van der Waals surface area contributed by atoms with Gasteiger partial charge in [0.15, 0.2) is 11.5 Å². The maximum Gasteiger partial charge on any atom is 0.339 e. The lowest BCUT2D eigenvalue weighted by Gasteiger charge is -2.13. The Bertz CT molecular complexity index is 966. The van der Waals surface area contributed by atoms with E-state index in [0.717, 1.165) is 5.69 Å². The van der Waals surface area contributed by atoms with E-state index in [1.165, 1.54) is 15.5 Å². The standard InChI is InChI=1S/C16H18N6O/c1-10(2)21-13-14(17)18-9-19-15(13)22(16(21)23)12-7-5-6-11(8-12)20(3)4/h5-9H,1H2,2-4H3,(H2,17,18,19). The zero-order chi connectivity index (χ0) is 16.7. The molecule has 0 radical (unpaired) electrons. The van der Waals surface area contributed by atoms with Crippen LogP contribution in [0.25, 0.3) is 22.5 Å². The first-order valence-corrected chi connectivity index (χ1v) is 7.09. The average molecular weight is 310 g/mol. The van der Waals surface area contributed by atoms with Crippen LogP contribution in [0.3, 0.4) is 0 Å². The van der Waals surface area contributed by atoms with E-state index in [2.05, 4.69) is 16.5 Å². The van der Waals surface area contributed by atoms with Gasteiger partial charge >= 0.3 is 5.69 Å². The molecule has 0 spiro atoms. The molecule has 0 fully saturated rings. The van der Waals surface area contributed by atoms with Gasteiger partial charge in [0.05, 0.1) is 5.69 Å². The molecule has 118 valence electrons. The number of hydrogen-bond donors (Lipinski definition) is 1. The van der Waals surface area contributed by atoms with Crippen LogP contribution in [-0.2, 0) is 0 Å². The molecule has 0 unspecified atom stereocenters. The van der Waals surface area contributed by atoms with E-state index in [0.29, 0.717) is 22.5 Å². The highest BCUT2D eigenvalue weighted by Crippen LogP contribution is 2.23. The SMILES string of the molecule is C=C(C)n1c(=O)n(-c2cccc(N(C)C)c2)c2ncnc(N)c21. The molecule has 0 aliphatic heterocycles. The lowest BCUT2D eigenvalue weighted by molar-refractivity contribution is 0.934. The van der Waals surface area contributed by atoms with Crippen molar-refractivity contribution < 1.29 is 0 Å². The third kappa shape index (κ3) is 2.26. The van der Waals surface area contributed by atoms with Crippen LogP contribution in [0.5, 0.6) is 0 Å². The van der Waals surface area contributed by atoms with Crippen molar-refractivity contribution in [1.29, 1.82) is 0 Å². The zero-order valence-corrected chi connectivity index (χ0v) is 13.3. The van der Waals surface area contributed by atoms with Crippen molar-refractivity contribution in [2.75, 3.05) is 24.7 Å². The summed E-state index contributed by atoms with van der Waals surface area (Å²) in [6.45, 7) is 5.60. The van der Waals surface area contributed by atoms with Crippen LogP contribution in [0.1, 0.15) is 6.92 Å². The van der Waals surface area contributed by atoms with Crippen LogP contribution in [0.15, 0.2) is 42.0 Å². The van der Waals surface area contributed by atoms with Crippen LogP contribution in [-0.4, -0.2) is 33.2 Å². The first-order valence-electron chi connectivity index (χ1n) is 7.09. The summed E-state index contributed by atoms with van der Waals surface area (Å²) in [5, 5.41) is 0. The lowest BCUT2D eigenvalue weighted by atomic mass is 10.2. The molecular formula is C16H18N6O. The molecule has 3 rings (SSSR count). The predicted molar refractivity (Wildman–Crippen MR) is 92.9 cm³/mol. The van der Waals surface area contributed by atoms with E-state index in [1.807, 2.05) is 43.3 Å². The zero-order valence-electron chi connectivity index (χ0n) is 13.3. The van der Waals surface area contributed by atoms with Crippen molar-refractivity contribution in [3.8, 4) is 5.69 Å². The number of imidazole rings is 1. The molecule has 0 atom stereocenters. The van der Waals surface area contributed by atoms with E-state index in [4.69, 9.17) is 5.73 Å². The lowest BCUT2D eigenvalue weighted by Crippen LogP contribution is -2.22. The van der Waals surface area contributed by atoms with Gasteiger partial charge in [-0.2, -0.15) is 0 Å². The van der Waals surface area contributed by atoms with Gasteiger partial charge in [-0.1, -0.05) is 12.6 Å². The summed E-state index contributed by atoms with van der Waals surface area (Å²) in [6, 6.07) is 7.64. The third-order valence-corrected chi connectivity index (χ3v) is 3.64. The largest absolute Gasteiger partial charge is 0.382 e. The molecule has 2 aromatic heterocycles. The number of rotatable bonds is 3. The van der Waals surface area contributed by atoms with Gasteiger partial charge in [-0.3, -0.25) is 4.57 Å². The van der Waals surface area contributed by atoms with Gasteiger partial charge in [-0.25, -0.2) is 19.3 Å². The molecular weight excluding hydrogens is 292 g/mol. The molecule has 0 aliphatic carbocycles. The second kappa shape index (κ2) is 5.28. The summed E-state index contributed by atoms with van der Waals surface area (Å²) in [4.78, 5) is 23.1. The Balaban J connectivity index is 2.42. The number of anilines is 2. The van der Waals surface area contributed by atoms with E-state index in [9.17, 15) is 4.79 Å². The molecule has 0 saturated carbocycles. The van der Waals surface area contributed by atoms with Crippen molar-refractivity contribution in [2.45, 2.75) is 6.92 Å².